The maximum Gasteiger partial charge on any atom is 0.339 e. The Morgan fingerprint density at radius 1 is 0.667 bits per heavy atom. The van der Waals surface area contributed by atoms with Gasteiger partial charge in [0, 0.05) is 23.2 Å². The molecule has 0 unspecified atom stereocenters. The summed E-state index contributed by atoms with van der Waals surface area (Å²) in [5, 5.41) is 38.1. The predicted molar refractivity (Wildman–Crippen MR) is 132 cm³/mol. The van der Waals surface area contributed by atoms with Crippen molar-refractivity contribution in [2.24, 2.45) is 0 Å². The van der Waals surface area contributed by atoms with Crippen molar-refractivity contribution in [3.8, 4) is 17.2 Å². The molecule has 5 aromatic rings. The maximum atomic E-state index is 10.6. The molecule has 5 rings (SSSR count). The lowest BCUT2D eigenvalue weighted by Gasteiger charge is -2.01. The molecule has 10 nitrogen and oxygen atoms in total. The Labute approximate surface area is 205 Å². The highest BCUT2D eigenvalue weighted by Crippen LogP contribution is 2.22. The van der Waals surface area contributed by atoms with E-state index in [1.807, 2.05) is 36.4 Å². The first kappa shape index (κ1) is 25.9. The van der Waals surface area contributed by atoms with Crippen molar-refractivity contribution in [1.29, 1.82) is 0 Å². The summed E-state index contributed by atoms with van der Waals surface area (Å²) in [6.07, 6.45) is 3.34. The molecule has 0 fully saturated rings. The molecule has 0 aliphatic carbocycles. The fourth-order valence-corrected chi connectivity index (χ4v) is 3.53. The van der Waals surface area contributed by atoms with Crippen molar-refractivity contribution in [2.45, 2.75) is 4.90 Å². The summed E-state index contributed by atoms with van der Waals surface area (Å²) >= 11 is 0. The van der Waals surface area contributed by atoms with E-state index in [0.717, 1.165) is 22.9 Å². The number of phenolic OH excluding ortho intramolecular Hbond substituents is 2. The molecule has 2 heterocycles. The second-order valence-electron chi connectivity index (χ2n) is 7.16. The SMILES string of the molecule is O=C(O)c1cc(S(=O)(=O)O)ccc1O.Oc1cccc2cccnc12.Oc1cccc2cccnc12. The van der Waals surface area contributed by atoms with Crippen LogP contribution in [0.5, 0.6) is 17.2 Å². The number of benzene rings is 3. The average Bonchev–Trinajstić information content (AvgIpc) is 2.85. The number of aromatic hydroxyl groups is 3. The van der Waals surface area contributed by atoms with Crippen LogP contribution in [-0.4, -0.2) is 49.3 Å². The van der Waals surface area contributed by atoms with Gasteiger partial charge in [-0.15, -0.1) is 0 Å². The van der Waals surface area contributed by atoms with Crippen molar-refractivity contribution in [1.82, 2.24) is 9.97 Å². The molecule has 0 bridgehead atoms. The standard InChI is InChI=1S/2C9H7NO.C7H6O6S/c2*11-8-5-1-3-7-4-2-6-10-9(7)8;8-6-2-1-4(14(11,12)13)3-5(6)7(9)10/h2*1-6,11H;1-3,8H,(H,9,10)(H,11,12,13). The topological polar surface area (TPSA) is 178 Å². The van der Waals surface area contributed by atoms with Crippen LogP contribution >= 0.6 is 0 Å². The van der Waals surface area contributed by atoms with Gasteiger partial charge in [0.1, 0.15) is 33.8 Å². The molecule has 0 atom stereocenters. The lowest BCUT2D eigenvalue weighted by molar-refractivity contribution is 0.0693. The zero-order valence-electron chi connectivity index (χ0n) is 18.4. The highest BCUT2D eigenvalue weighted by atomic mass is 32.2. The normalized spacial score (nSPS) is 10.6. The number of hydrogen-bond donors (Lipinski definition) is 5. The van der Waals surface area contributed by atoms with Crippen LogP contribution in [0.2, 0.25) is 0 Å². The molecule has 0 aliphatic rings. The molecule has 0 radical (unpaired) electrons. The van der Waals surface area contributed by atoms with Crippen LogP contribution in [0.3, 0.4) is 0 Å². The second-order valence-corrected chi connectivity index (χ2v) is 8.59. The quantitative estimate of drug-likeness (QED) is 0.217. The molecular formula is C25H20N2O8S. The van der Waals surface area contributed by atoms with Crippen molar-refractivity contribution >= 4 is 37.9 Å². The Kier molecular flexibility index (Phi) is 8.00. The van der Waals surface area contributed by atoms with Gasteiger partial charge in [-0.2, -0.15) is 8.42 Å². The Morgan fingerprint density at radius 2 is 1.14 bits per heavy atom. The largest absolute Gasteiger partial charge is 0.507 e. The third-order valence-electron chi connectivity index (χ3n) is 4.72. The molecule has 2 aromatic heterocycles. The van der Waals surface area contributed by atoms with Gasteiger partial charge in [0.25, 0.3) is 10.1 Å². The van der Waals surface area contributed by atoms with Gasteiger partial charge in [0.05, 0.1) is 4.90 Å². The first-order chi connectivity index (χ1) is 17.1. The molecular weight excluding hydrogens is 488 g/mol. The number of para-hydroxylation sites is 2. The number of hydrogen-bond acceptors (Lipinski definition) is 8. The number of phenols is 3. The van der Waals surface area contributed by atoms with Crippen LogP contribution in [0.15, 0.2) is 96.2 Å². The summed E-state index contributed by atoms with van der Waals surface area (Å²) < 4.78 is 29.8. The number of aromatic nitrogens is 2. The van der Waals surface area contributed by atoms with E-state index in [4.69, 9.17) is 14.8 Å². The summed E-state index contributed by atoms with van der Waals surface area (Å²) in [4.78, 5) is 17.9. The number of aromatic carboxylic acids is 1. The van der Waals surface area contributed by atoms with Crippen LogP contribution in [0.4, 0.5) is 0 Å². The number of carboxylic acids is 1. The van der Waals surface area contributed by atoms with E-state index in [1.54, 1.807) is 36.7 Å². The third-order valence-corrected chi connectivity index (χ3v) is 5.57. The average molecular weight is 509 g/mol. The summed E-state index contributed by atoms with van der Waals surface area (Å²) in [5.41, 5.74) is 0.741. The molecule has 3 aromatic carbocycles. The number of pyridine rings is 2. The molecule has 0 aliphatic heterocycles. The number of fused-ring (bicyclic) bond motifs is 2. The minimum atomic E-state index is -4.45. The van der Waals surface area contributed by atoms with E-state index >= 15 is 0 Å². The number of carboxylic acid groups (broad SMARTS) is 1. The monoisotopic (exact) mass is 508 g/mol. The van der Waals surface area contributed by atoms with Gasteiger partial charge < -0.3 is 20.4 Å². The number of nitrogens with zero attached hydrogens (tertiary/aromatic N) is 2. The van der Waals surface area contributed by atoms with Gasteiger partial charge in [-0.05, 0) is 42.5 Å². The summed E-state index contributed by atoms with van der Waals surface area (Å²) in [6, 6.07) is 20.7. The molecule has 0 saturated heterocycles. The Morgan fingerprint density at radius 3 is 1.56 bits per heavy atom. The van der Waals surface area contributed by atoms with Crippen LogP contribution in [0, 0.1) is 0 Å². The van der Waals surface area contributed by atoms with Crippen molar-refractivity contribution in [3.05, 3.63) is 96.8 Å². The minimum absolute atomic E-state index is 0.239. The van der Waals surface area contributed by atoms with Crippen LogP contribution in [0.25, 0.3) is 21.8 Å². The molecule has 5 N–H and O–H groups in total. The second kappa shape index (κ2) is 11.1. The lowest BCUT2D eigenvalue weighted by atomic mass is 10.2. The maximum absolute atomic E-state index is 10.6. The zero-order chi connectivity index (χ0) is 26.3. The first-order valence-electron chi connectivity index (χ1n) is 10.2. The van der Waals surface area contributed by atoms with E-state index in [9.17, 15) is 23.4 Å². The van der Waals surface area contributed by atoms with Crippen LogP contribution in [0.1, 0.15) is 10.4 Å². The van der Waals surface area contributed by atoms with Crippen molar-refractivity contribution < 1.29 is 38.2 Å². The Bertz CT molecular complexity index is 1550. The van der Waals surface area contributed by atoms with Gasteiger partial charge >= 0.3 is 5.97 Å². The van der Waals surface area contributed by atoms with E-state index < -0.39 is 32.3 Å². The predicted octanol–water partition coefficient (Wildman–Crippen LogP) is 4.22. The molecule has 0 amide bonds. The Hall–Kier alpha value is -4.74. The number of carbonyl (C=O) groups is 1. The van der Waals surface area contributed by atoms with Gasteiger partial charge in [0.2, 0.25) is 0 Å². The molecule has 184 valence electrons. The van der Waals surface area contributed by atoms with E-state index in [0.29, 0.717) is 17.1 Å². The fourth-order valence-electron chi connectivity index (χ4n) is 3.02. The Balaban J connectivity index is 0.000000152. The highest BCUT2D eigenvalue weighted by molar-refractivity contribution is 7.85. The van der Waals surface area contributed by atoms with E-state index in [1.165, 1.54) is 0 Å². The first-order valence-corrected chi connectivity index (χ1v) is 11.6. The summed E-state index contributed by atoms with van der Waals surface area (Å²) in [7, 11) is -4.45. The van der Waals surface area contributed by atoms with Gasteiger partial charge in [-0.3, -0.25) is 14.5 Å². The molecule has 11 heteroatoms. The smallest absolute Gasteiger partial charge is 0.339 e. The van der Waals surface area contributed by atoms with Gasteiger partial charge in [0.15, 0.2) is 0 Å². The van der Waals surface area contributed by atoms with Crippen molar-refractivity contribution in [2.75, 3.05) is 0 Å². The summed E-state index contributed by atoms with van der Waals surface area (Å²) in [6.45, 7) is 0. The van der Waals surface area contributed by atoms with Gasteiger partial charge in [-0.1, -0.05) is 36.4 Å². The van der Waals surface area contributed by atoms with Crippen LogP contribution in [-0.2, 0) is 10.1 Å². The highest BCUT2D eigenvalue weighted by Gasteiger charge is 2.16. The van der Waals surface area contributed by atoms with Gasteiger partial charge in [-0.25, -0.2) is 4.79 Å². The third kappa shape index (κ3) is 6.44. The molecule has 36 heavy (non-hydrogen) atoms. The summed E-state index contributed by atoms with van der Waals surface area (Å²) in [5.74, 6) is -1.57. The van der Waals surface area contributed by atoms with E-state index in [2.05, 4.69) is 9.97 Å². The van der Waals surface area contributed by atoms with E-state index in [-0.39, 0.29) is 11.5 Å². The minimum Gasteiger partial charge on any atom is -0.507 e. The zero-order valence-corrected chi connectivity index (χ0v) is 19.2. The van der Waals surface area contributed by atoms with Crippen LogP contribution < -0.4 is 0 Å². The number of rotatable bonds is 2. The lowest BCUT2D eigenvalue weighted by Crippen LogP contribution is -2.02. The molecule has 0 spiro atoms. The fraction of sp³-hybridized carbons (Fsp3) is 0. The molecule has 0 saturated carbocycles. The van der Waals surface area contributed by atoms with Crippen molar-refractivity contribution in [3.63, 3.8) is 0 Å².